The highest BCUT2D eigenvalue weighted by Gasteiger charge is 2.04. The van der Waals surface area contributed by atoms with E-state index in [-0.39, 0.29) is 5.91 Å². The highest BCUT2D eigenvalue weighted by molar-refractivity contribution is 7.98. The third kappa shape index (κ3) is 5.90. The second kappa shape index (κ2) is 8.59. The normalized spacial score (nSPS) is 10.7. The van der Waals surface area contributed by atoms with Gasteiger partial charge in [-0.2, -0.15) is 0 Å². The summed E-state index contributed by atoms with van der Waals surface area (Å²) >= 11 is 1.76. The van der Waals surface area contributed by atoms with Gasteiger partial charge in [-0.15, -0.1) is 11.8 Å². The predicted octanol–water partition coefficient (Wildman–Crippen LogP) is 4.75. The van der Waals surface area contributed by atoms with Crippen LogP contribution in [0.2, 0.25) is 0 Å². The van der Waals surface area contributed by atoms with Crippen LogP contribution in [0.25, 0.3) is 0 Å². The van der Waals surface area contributed by atoms with Gasteiger partial charge in [-0.25, -0.2) is 0 Å². The minimum atomic E-state index is 0.0875. The number of carbonyl (C=O) groups is 1. The molecule has 0 aliphatic rings. The standard InChI is InChI=1S/C18H22N2OS/c1-14(2)5-10-18(21)20-16-6-8-17(9-7-16)22-13-15-4-3-11-19-12-15/h3-4,6-9,11-12,14H,5,10,13H2,1-2H3,(H,20,21). The van der Waals surface area contributed by atoms with Gasteiger partial charge in [-0.1, -0.05) is 19.9 Å². The third-order valence-electron chi connectivity index (χ3n) is 3.22. The number of aromatic nitrogens is 1. The lowest BCUT2D eigenvalue weighted by Crippen LogP contribution is -2.11. The Labute approximate surface area is 136 Å². The number of thioether (sulfide) groups is 1. The van der Waals surface area contributed by atoms with Crippen molar-refractivity contribution in [3.63, 3.8) is 0 Å². The first-order valence-electron chi connectivity index (χ1n) is 7.55. The number of nitrogens with one attached hydrogen (secondary N) is 1. The smallest absolute Gasteiger partial charge is 0.224 e. The molecule has 4 heteroatoms. The molecule has 0 saturated carbocycles. The highest BCUT2D eigenvalue weighted by Crippen LogP contribution is 2.24. The summed E-state index contributed by atoms with van der Waals surface area (Å²) in [4.78, 5) is 17.1. The Bertz CT molecular complexity index is 582. The van der Waals surface area contributed by atoms with Gasteiger partial charge >= 0.3 is 0 Å². The van der Waals surface area contributed by atoms with Crippen molar-refractivity contribution in [2.45, 2.75) is 37.3 Å². The molecule has 0 unspecified atom stereocenters. The molecule has 0 spiro atoms. The van der Waals surface area contributed by atoms with E-state index in [9.17, 15) is 4.79 Å². The first kappa shape index (κ1) is 16.6. The number of pyridine rings is 1. The number of carbonyl (C=O) groups excluding carboxylic acids is 1. The zero-order chi connectivity index (χ0) is 15.8. The zero-order valence-electron chi connectivity index (χ0n) is 13.1. The van der Waals surface area contributed by atoms with E-state index in [0.717, 1.165) is 17.9 Å². The van der Waals surface area contributed by atoms with E-state index in [1.54, 1.807) is 18.0 Å². The van der Waals surface area contributed by atoms with Gasteiger partial charge in [-0.05, 0) is 48.2 Å². The molecular formula is C18H22N2OS. The maximum atomic E-state index is 11.8. The van der Waals surface area contributed by atoms with Crippen LogP contribution in [0.4, 0.5) is 5.69 Å². The lowest BCUT2D eigenvalue weighted by atomic mass is 10.1. The van der Waals surface area contributed by atoms with Crippen LogP contribution in [0.3, 0.4) is 0 Å². The summed E-state index contributed by atoms with van der Waals surface area (Å²) in [7, 11) is 0. The fourth-order valence-electron chi connectivity index (χ4n) is 1.93. The van der Waals surface area contributed by atoms with E-state index >= 15 is 0 Å². The quantitative estimate of drug-likeness (QED) is 0.750. The summed E-state index contributed by atoms with van der Waals surface area (Å²) in [6, 6.07) is 12.0. The molecule has 116 valence electrons. The fourth-order valence-corrected chi connectivity index (χ4v) is 2.76. The second-order valence-corrected chi connectivity index (χ2v) is 6.70. The molecule has 22 heavy (non-hydrogen) atoms. The zero-order valence-corrected chi connectivity index (χ0v) is 13.9. The van der Waals surface area contributed by atoms with Gasteiger partial charge in [0.05, 0.1) is 0 Å². The molecule has 1 aromatic heterocycles. The van der Waals surface area contributed by atoms with Crippen molar-refractivity contribution in [1.29, 1.82) is 0 Å². The van der Waals surface area contributed by atoms with Gasteiger partial charge < -0.3 is 5.32 Å². The number of hydrogen-bond donors (Lipinski definition) is 1. The van der Waals surface area contributed by atoms with Crippen LogP contribution < -0.4 is 5.32 Å². The average Bonchev–Trinajstić information content (AvgIpc) is 2.53. The fraction of sp³-hybridized carbons (Fsp3) is 0.333. The van der Waals surface area contributed by atoms with Gasteiger partial charge in [-0.3, -0.25) is 9.78 Å². The topological polar surface area (TPSA) is 42.0 Å². The van der Waals surface area contributed by atoms with E-state index in [1.165, 1.54) is 10.5 Å². The average molecular weight is 314 g/mol. The third-order valence-corrected chi connectivity index (χ3v) is 4.30. The van der Waals surface area contributed by atoms with Crippen molar-refractivity contribution in [2.75, 3.05) is 5.32 Å². The molecule has 0 atom stereocenters. The minimum Gasteiger partial charge on any atom is -0.326 e. The van der Waals surface area contributed by atoms with Crippen molar-refractivity contribution in [3.05, 3.63) is 54.4 Å². The van der Waals surface area contributed by atoms with Gasteiger partial charge in [0.1, 0.15) is 0 Å². The lowest BCUT2D eigenvalue weighted by molar-refractivity contribution is -0.116. The molecule has 1 aromatic carbocycles. The lowest BCUT2D eigenvalue weighted by Gasteiger charge is -2.08. The largest absolute Gasteiger partial charge is 0.326 e. The van der Waals surface area contributed by atoms with Crippen molar-refractivity contribution >= 4 is 23.4 Å². The SMILES string of the molecule is CC(C)CCC(=O)Nc1ccc(SCc2cccnc2)cc1. The van der Waals surface area contributed by atoms with Crippen molar-refractivity contribution in [1.82, 2.24) is 4.98 Å². The molecule has 0 aliphatic carbocycles. The van der Waals surface area contributed by atoms with E-state index in [2.05, 4.69) is 30.2 Å². The summed E-state index contributed by atoms with van der Waals surface area (Å²) < 4.78 is 0. The van der Waals surface area contributed by atoms with Crippen LogP contribution in [0, 0.1) is 5.92 Å². The summed E-state index contributed by atoms with van der Waals surface area (Å²) in [5.74, 6) is 1.54. The molecular weight excluding hydrogens is 292 g/mol. The van der Waals surface area contributed by atoms with E-state index in [1.807, 2.05) is 36.5 Å². The maximum absolute atomic E-state index is 11.8. The number of amides is 1. The molecule has 1 heterocycles. The molecule has 1 amide bonds. The Balaban J connectivity index is 1.81. The number of rotatable bonds is 7. The number of hydrogen-bond acceptors (Lipinski definition) is 3. The van der Waals surface area contributed by atoms with Crippen LogP contribution in [-0.2, 0) is 10.5 Å². The molecule has 0 fully saturated rings. The van der Waals surface area contributed by atoms with Gasteiger partial charge in [0, 0.05) is 35.2 Å². The maximum Gasteiger partial charge on any atom is 0.224 e. The highest BCUT2D eigenvalue weighted by atomic mass is 32.2. The van der Waals surface area contributed by atoms with Gasteiger partial charge in [0.2, 0.25) is 5.91 Å². The summed E-state index contributed by atoms with van der Waals surface area (Å²) in [5, 5.41) is 2.94. The second-order valence-electron chi connectivity index (χ2n) is 5.66. The number of nitrogens with zero attached hydrogens (tertiary/aromatic N) is 1. The Hall–Kier alpha value is -1.81. The molecule has 3 nitrogen and oxygen atoms in total. The van der Waals surface area contributed by atoms with E-state index < -0.39 is 0 Å². The summed E-state index contributed by atoms with van der Waals surface area (Å²) in [6.45, 7) is 4.25. The van der Waals surface area contributed by atoms with Crippen molar-refractivity contribution < 1.29 is 4.79 Å². The molecule has 0 radical (unpaired) electrons. The number of anilines is 1. The molecule has 2 aromatic rings. The predicted molar refractivity (Wildman–Crippen MR) is 92.9 cm³/mol. The number of benzene rings is 1. The molecule has 2 rings (SSSR count). The Morgan fingerprint density at radius 1 is 1.23 bits per heavy atom. The van der Waals surface area contributed by atoms with Crippen LogP contribution in [0.15, 0.2) is 53.7 Å². The Kier molecular flexibility index (Phi) is 6.46. The van der Waals surface area contributed by atoms with Gasteiger partial charge in [0.15, 0.2) is 0 Å². The molecule has 1 N–H and O–H groups in total. The van der Waals surface area contributed by atoms with E-state index in [0.29, 0.717) is 12.3 Å². The van der Waals surface area contributed by atoms with Crippen LogP contribution in [-0.4, -0.2) is 10.9 Å². The summed E-state index contributed by atoms with van der Waals surface area (Å²) in [6.07, 6.45) is 5.17. The van der Waals surface area contributed by atoms with Crippen molar-refractivity contribution in [2.24, 2.45) is 5.92 Å². The van der Waals surface area contributed by atoms with Crippen LogP contribution >= 0.6 is 11.8 Å². The van der Waals surface area contributed by atoms with Crippen LogP contribution in [0.1, 0.15) is 32.3 Å². The van der Waals surface area contributed by atoms with Crippen molar-refractivity contribution in [3.8, 4) is 0 Å². The molecule has 0 aliphatic heterocycles. The molecule has 0 bridgehead atoms. The minimum absolute atomic E-state index is 0.0875. The van der Waals surface area contributed by atoms with E-state index in [4.69, 9.17) is 0 Å². The summed E-state index contributed by atoms with van der Waals surface area (Å²) in [5.41, 5.74) is 2.07. The first-order valence-corrected chi connectivity index (χ1v) is 8.53. The first-order chi connectivity index (χ1) is 10.6. The monoisotopic (exact) mass is 314 g/mol. The Morgan fingerprint density at radius 3 is 2.64 bits per heavy atom. The van der Waals surface area contributed by atoms with Gasteiger partial charge in [0.25, 0.3) is 0 Å². The molecule has 0 saturated heterocycles. The Morgan fingerprint density at radius 2 is 2.00 bits per heavy atom. The van der Waals surface area contributed by atoms with Crippen LogP contribution in [0.5, 0.6) is 0 Å².